The van der Waals surface area contributed by atoms with E-state index in [1.165, 1.54) is 19.1 Å². The van der Waals surface area contributed by atoms with Crippen molar-refractivity contribution in [3.8, 4) is 0 Å². The molecule has 0 fully saturated rings. The maximum absolute atomic E-state index is 12.9. The van der Waals surface area contributed by atoms with Gasteiger partial charge in [-0.1, -0.05) is 13.0 Å². The summed E-state index contributed by atoms with van der Waals surface area (Å²) < 4.78 is 12.9. The molecule has 88 valence electrons. The molecule has 0 bridgehead atoms. The lowest BCUT2D eigenvalue weighted by Gasteiger charge is -2.20. The molecule has 0 spiro atoms. The molecule has 1 N–H and O–H groups in total. The van der Waals surface area contributed by atoms with Crippen molar-refractivity contribution in [1.29, 1.82) is 0 Å². The van der Waals surface area contributed by atoms with Crippen LogP contribution < -0.4 is 0 Å². The number of rotatable bonds is 4. The second-order valence-electron chi connectivity index (χ2n) is 4.30. The molecule has 0 amide bonds. The van der Waals surface area contributed by atoms with Crippen LogP contribution in [0.25, 0.3) is 0 Å². The van der Waals surface area contributed by atoms with Gasteiger partial charge in [-0.3, -0.25) is 4.79 Å². The minimum atomic E-state index is -1.29. The average molecular weight is 224 g/mol. The lowest BCUT2D eigenvalue weighted by Crippen LogP contribution is -2.35. The normalized spacial score (nSPS) is 14.6. The molecule has 0 saturated carbocycles. The van der Waals surface area contributed by atoms with Gasteiger partial charge in [0.15, 0.2) is 5.78 Å². The van der Waals surface area contributed by atoms with Crippen LogP contribution in [0.1, 0.15) is 31.4 Å². The highest BCUT2D eigenvalue weighted by atomic mass is 19.1. The largest absolute Gasteiger partial charge is 0.382 e. The Labute approximate surface area is 95.1 Å². The van der Waals surface area contributed by atoms with E-state index < -0.39 is 5.60 Å². The van der Waals surface area contributed by atoms with Crippen molar-refractivity contribution in [3.63, 3.8) is 0 Å². The first-order chi connectivity index (χ1) is 7.36. The molecule has 0 aliphatic rings. The maximum atomic E-state index is 12.9. The van der Waals surface area contributed by atoms with Crippen LogP contribution in [0.2, 0.25) is 0 Å². The highest BCUT2D eigenvalue weighted by molar-refractivity contribution is 5.88. The number of hydrogen-bond donors (Lipinski definition) is 1. The summed E-state index contributed by atoms with van der Waals surface area (Å²) in [5.41, 5.74) is 0.210. The molecule has 2 nitrogen and oxygen atoms in total. The Morgan fingerprint density at radius 2 is 2.12 bits per heavy atom. The highest BCUT2D eigenvalue weighted by Crippen LogP contribution is 2.17. The SMILES string of the molecule is CCC(C)(O)C(=O)Cc1ccc(F)cc1C. The summed E-state index contributed by atoms with van der Waals surface area (Å²) in [5, 5.41) is 9.77. The summed E-state index contributed by atoms with van der Waals surface area (Å²) in [6.07, 6.45) is 0.527. The number of halogens is 1. The van der Waals surface area contributed by atoms with E-state index in [9.17, 15) is 14.3 Å². The molecule has 1 unspecified atom stereocenters. The Morgan fingerprint density at radius 3 is 2.62 bits per heavy atom. The van der Waals surface area contributed by atoms with Crippen molar-refractivity contribution in [2.24, 2.45) is 0 Å². The summed E-state index contributed by atoms with van der Waals surface area (Å²) in [6.45, 7) is 5.02. The summed E-state index contributed by atoms with van der Waals surface area (Å²) >= 11 is 0. The van der Waals surface area contributed by atoms with E-state index in [0.717, 1.165) is 11.1 Å². The van der Waals surface area contributed by atoms with Crippen LogP contribution in [0.5, 0.6) is 0 Å². The van der Waals surface area contributed by atoms with Gasteiger partial charge in [-0.15, -0.1) is 0 Å². The second-order valence-corrected chi connectivity index (χ2v) is 4.30. The van der Waals surface area contributed by atoms with Crippen molar-refractivity contribution in [2.75, 3.05) is 0 Å². The van der Waals surface area contributed by atoms with Crippen molar-refractivity contribution >= 4 is 5.78 Å². The Morgan fingerprint density at radius 1 is 1.50 bits per heavy atom. The number of Topliss-reactive ketones (excluding diaryl/α,β-unsaturated/α-hetero) is 1. The van der Waals surface area contributed by atoms with E-state index in [1.807, 2.05) is 0 Å². The zero-order valence-electron chi connectivity index (χ0n) is 9.88. The smallest absolute Gasteiger partial charge is 0.168 e. The number of carbonyl (C=O) groups is 1. The average Bonchev–Trinajstić information content (AvgIpc) is 2.22. The van der Waals surface area contributed by atoms with Crippen molar-refractivity contribution in [3.05, 3.63) is 35.1 Å². The molecule has 1 aromatic carbocycles. The Bertz CT molecular complexity index is 397. The molecule has 1 rings (SSSR count). The third-order valence-electron chi connectivity index (χ3n) is 2.94. The number of benzene rings is 1. The first kappa shape index (κ1) is 12.8. The first-order valence-electron chi connectivity index (χ1n) is 5.37. The monoisotopic (exact) mass is 224 g/mol. The summed E-state index contributed by atoms with van der Waals surface area (Å²) in [7, 11) is 0. The summed E-state index contributed by atoms with van der Waals surface area (Å²) in [4.78, 5) is 11.8. The Hall–Kier alpha value is -1.22. The van der Waals surface area contributed by atoms with Crippen LogP contribution in [0.3, 0.4) is 0 Å². The first-order valence-corrected chi connectivity index (χ1v) is 5.37. The molecule has 0 aliphatic carbocycles. The quantitative estimate of drug-likeness (QED) is 0.852. The van der Waals surface area contributed by atoms with E-state index in [-0.39, 0.29) is 18.0 Å². The van der Waals surface area contributed by atoms with Gasteiger partial charge in [0.05, 0.1) is 0 Å². The van der Waals surface area contributed by atoms with Gasteiger partial charge >= 0.3 is 0 Å². The van der Waals surface area contributed by atoms with E-state index in [2.05, 4.69) is 0 Å². The fourth-order valence-electron chi connectivity index (χ4n) is 1.42. The van der Waals surface area contributed by atoms with Gasteiger partial charge in [0.1, 0.15) is 11.4 Å². The lowest BCUT2D eigenvalue weighted by atomic mass is 9.91. The number of aliphatic hydroxyl groups is 1. The number of ketones is 1. The standard InChI is InChI=1S/C13H17FO2/c1-4-13(3,16)12(15)8-10-5-6-11(14)7-9(10)2/h5-7,16H,4,8H2,1-3H3. The van der Waals surface area contributed by atoms with Crippen LogP contribution in [0.4, 0.5) is 4.39 Å². The zero-order chi connectivity index (χ0) is 12.3. The zero-order valence-corrected chi connectivity index (χ0v) is 9.88. The predicted octanol–water partition coefficient (Wildman–Crippen LogP) is 2.41. The molecular formula is C13H17FO2. The molecule has 1 atom stereocenters. The summed E-state index contributed by atoms with van der Waals surface area (Å²) in [5.74, 6) is -0.541. The van der Waals surface area contributed by atoms with Gasteiger partial charge in [0, 0.05) is 6.42 Å². The van der Waals surface area contributed by atoms with Gasteiger partial charge in [0.2, 0.25) is 0 Å². The Kier molecular flexibility index (Phi) is 3.81. The van der Waals surface area contributed by atoms with Crippen molar-refractivity contribution in [1.82, 2.24) is 0 Å². The van der Waals surface area contributed by atoms with E-state index in [0.29, 0.717) is 6.42 Å². The molecule has 0 saturated heterocycles. The van der Waals surface area contributed by atoms with E-state index in [1.54, 1.807) is 19.9 Å². The Balaban J connectivity index is 2.85. The fraction of sp³-hybridized carbons (Fsp3) is 0.462. The maximum Gasteiger partial charge on any atom is 0.168 e. The van der Waals surface area contributed by atoms with Gasteiger partial charge in [-0.05, 0) is 43.5 Å². The third kappa shape index (κ3) is 2.89. The highest BCUT2D eigenvalue weighted by Gasteiger charge is 2.27. The van der Waals surface area contributed by atoms with Gasteiger partial charge in [0.25, 0.3) is 0 Å². The minimum absolute atomic E-state index is 0.146. The molecule has 3 heteroatoms. The number of hydrogen-bond acceptors (Lipinski definition) is 2. The van der Waals surface area contributed by atoms with Crippen LogP contribution in [-0.2, 0) is 11.2 Å². The molecule has 0 radical (unpaired) electrons. The molecule has 0 heterocycles. The van der Waals surface area contributed by atoms with Crippen LogP contribution in [0, 0.1) is 12.7 Å². The molecular weight excluding hydrogens is 207 g/mol. The van der Waals surface area contributed by atoms with Gasteiger partial charge < -0.3 is 5.11 Å². The van der Waals surface area contributed by atoms with Crippen molar-refractivity contribution in [2.45, 2.75) is 39.2 Å². The van der Waals surface area contributed by atoms with Gasteiger partial charge in [-0.25, -0.2) is 4.39 Å². The molecule has 0 aliphatic heterocycles. The van der Waals surface area contributed by atoms with Crippen molar-refractivity contribution < 1.29 is 14.3 Å². The summed E-state index contributed by atoms with van der Waals surface area (Å²) in [6, 6.07) is 4.31. The topological polar surface area (TPSA) is 37.3 Å². The molecule has 16 heavy (non-hydrogen) atoms. The third-order valence-corrected chi connectivity index (χ3v) is 2.94. The van der Waals surface area contributed by atoms with Crippen LogP contribution in [0.15, 0.2) is 18.2 Å². The van der Waals surface area contributed by atoms with Crippen LogP contribution in [-0.4, -0.2) is 16.5 Å². The number of aryl methyl sites for hydroxylation is 1. The molecule has 1 aromatic rings. The second kappa shape index (κ2) is 4.74. The van der Waals surface area contributed by atoms with Gasteiger partial charge in [-0.2, -0.15) is 0 Å². The minimum Gasteiger partial charge on any atom is -0.382 e. The predicted molar refractivity (Wildman–Crippen MR) is 60.8 cm³/mol. The molecule has 0 aromatic heterocycles. The number of carbonyl (C=O) groups excluding carboxylic acids is 1. The lowest BCUT2D eigenvalue weighted by molar-refractivity contribution is -0.135. The van der Waals surface area contributed by atoms with E-state index in [4.69, 9.17) is 0 Å². The fourth-order valence-corrected chi connectivity index (χ4v) is 1.42. The van der Waals surface area contributed by atoms with Crippen LogP contribution >= 0.6 is 0 Å². The van der Waals surface area contributed by atoms with E-state index >= 15 is 0 Å².